The fourth-order valence-electron chi connectivity index (χ4n) is 1.38. The molecule has 0 saturated heterocycles. The Morgan fingerprint density at radius 1 is 1.35 bits per heavy atom. The van der Waals surface area contributed by atoms with Crippen LogP contribution in [0, 0.1) is 0 Å². The number of benzene rings is 1. The molecule has 0 amide bonds. The minimum Gasteiger partial charge on any atom is -0.493 e. The molecular formula is C13H18O4. The maximum atomic E-state index is 11.3. The van der Waals surface area contributed by atoms with Gasteiger partial charge in [-0.1, -0.05) is 13.3 Å². The molecule has 0 unspecified atom stereocenters. The van der Waals surface area contributed by atoms with Crippen molar-refractivity contribution >= 4 is 5.78 Å². The smallest absolute Gasteiger partial charge is 0.188 e. The highest BCUT2D eigenvalue weighted by Gasteiger charge is 2.10. The van der Waals surface area contributed by atoms with Crippen molar-refractivity contribution in [3.05, 3.63) is 23.8 Å². The lowest BCUT2D eigenvalue weighted by Crippen LogP contribution is -2.05. The summed E-state index contributed by atoms with van der Waals surface area (Å²) in [7, 11) is 1.52. The Hall–Kier alpha value is -1.55. The van der Waals surface area contributed by atoms with Crippen LogP contribution in [-0.4, -0.2) is 31.2 Å². The van der Waals surface area contributed by atoms with Gasteiger partial charge >= 0.3 is 0 Å². The van der Waals surface area contributed by atoms with Gasteiger partial charge in [0.25, 0.3) is 0 Å². The van der Waals surface area contributed by atoms with Crippen molar-refractivity contribution in [1.82, 2.24) is 0 Å². The molecule has 0 saturated carbocycles. The SMILES string of the molecule is CCCCOc1ccc(C(=O)CO)cc1OC. The Morgan fingerprint density at radius 2 is 2.12 bits per heavy atom. The zero-order valence-electron chi connectivity index (χ0n) is 10.2. The van der Waals surface area contributed by atoms with E-state index in [0.29, 0.717) is 23.7 Å². The second-order valence-corrected chi connectivity index (χ2v) is 3.65. The molecule has 0 aliphatic carbocycles. The topological polar surface area (TPSA) is 55.8 Å². The number of ether oxygens (including phenoxy) is 2. The van der Waals surface area contributed by atoms with Gasteiger partial charge in [-0.15, -0.1) is 0 Å². The van der Waals surface area contributed by atoms with Gasteiger partial charge in [0.2, 0.25) is 0 Å². The number of carbonyl (C=O) groups is 1. The van der Waals surface area contributed by atoms with E-state index in [-0.39, 0.29) is 5.78 Å². The van der Waals surface area contributed by atoms with Crippen LogP contribution in [0.15, 0.2) is 18.2 Å². The van der Waals surface area contributed by atoms with E-state index in [1.165, 1.54) is 7.11 Å². The number of aliphatic hydroxyl groups is 1. The van der Waals surface area contributed by atoms with Crippen LogP contribution < -0.4 is 9.47 Å². The van der Waals surface area contributed by atoms with Gasteiger partial charge in [-0.25, -0.2) is 0 Å². The van der Waals surface area contributed by atoms with Crippen molar-refractivity contribution in [2.45, 2.75) is 19.8 Å². The number of aliphatic hydroxyl groups excluding tert-OH is 1. The molecule has 1 aromatic rings. The molecule has 0 bridgehead atoms. The summed E-state index contributed by atoms with van der Waals surface area (Å²) >= 11 is 0. The van der Waals surface area contributed by atoms with Gasteiger partial charge in [0.1, 0.15) is 6.61 Å². The molecule has 0 heterocycles. The Balaban J connectivity index is 2.81. The number of unbranched alkanes of at least 4 members (excludes halogenated alkanes) is 1. The maximum Gasteiger partial charge on any atom is 0.188 e. The zero-order chi connectivity index (χ0) is 12.7. The van der Waals surface area contributed by atoms with Crippen LogP contribution in [0.25, 0.3) is 0 Å². The van der Waals surface area contributed by atoms with Crippen molar-refractivity contribution < 1.29 is 19.4 Å². The average Bonchev–Trinajstić information content (AvgIpc) is 2.38. The molecule has 0 aliphatic rings. The molecule has 0 fully saturated rings. The summed E-state index contributed by atoms with van der Waals surface area (Å²) in [5, 5.41) is 8.77. The third-order valence-electron chi connectivity index (χ3n) is 2.38. The number of ketones is 1. The molecule has 1 rings (SSSR count). The fourth-order valence-corrected chi connectivity index (χ4v) is 1.38. The van der Waals surface area contributed by atoms with Crippen LogP contribution >= 0.6 is 0 Å². The first-order valence-corrected chi connectivity index (χ1v) is 5.67. The van der Waals surface area contributed by atoms with Crippen LogP contribution in [0.1, 0.15) is 30.1 Å². The molecule has 0 aromatic heterocycles. The van der Waals surface area contributed by atoms with Gasteiger partial charge in [0, 0.05) is 5.56 Å². The highest BCUT2D eigenvalue weighted by Crippen LogP contribution is 2.28. The average molecular weight is 238 g/mol. The lowest BCUT2D eigenvalue weighted by Gasteiger charge is -2.11. The summed E-state index contributed by atoms with van der Waals surface area (Å²) in [5.74, 6) is 0.805. The second-order valence-electron chi connectivity index (χ2n) is 3.65. The first-order chi connectivity index (χ1) is 8.22. The van der Waals surface area contributed by atoms with E-state index in [1.807, 2.05) is 0 Å². The van der Waals surface area contributed by atoms with Crippen molar-refractivity contribution in [3.8, 4) is 11.5 Å². The zero-order valence-corrected chi connectivity index (χ0v) is 10.2. The molecule has 0 atom stereocenters. The molecule has 0 radical (unpaired) electrons. The van der Waals surface area contributed by atoms with Gasteiger partial charge in [0.15, 0.2) is 17.3 Å². The predicted molar refractivity (Wildman–Crippen MR) is 64.8 cm³/mol. The minimum absolute atomic E-state index is 0.330. The minimum atomic E-state index is -0.501. The van der Waals surface area contributed by atoms with E-state index >= 15 is 0 Å². The number of hydrogen-bond acceptors (Lipinski definition) is 4. The van der Waals surface area contributed by atoms with Crippen molar-refractivity contribution in [2.24, 2.45) is 0 Å². The van der Waals surface area contributed by atoms with Gasteiger partial charge in [-0.05, 0) is 24.6 Å². The van der Waals surface area contributed by atoms with Crippen LogP contribution in [-0.2, 0) is 0 Å². The van der Waals surface area contributed by atoms with Crippen LogP contribution in [0.2, 0.25) is 0 Å². The number of rotatable bonds is 7. The molecular weight excluding hydrogens is 220 g/mol. The molecule has 94 valence electrons. The van der Waals surface area contributed by atoms with E-state index < -0.39 is 6.61 Å². The van der Waals surface area contributed by atoms with E-state index in [2.05, 4.69) is 6.92 Å². The van der Waals surface area contributed by atoms with Gasteiger partial charge in [0.05, 0.1) is 13.7 Å². The van der Waals surface area contributed by atoms with Crippen molar-refractivity contribution in [3.63, 3.8) is 0 Å². The Bertz CT molecular complexity index is 374. The van der Waals surface area contributed by atoms with Crippen LogP contribution in [0.3, 0.4) is 0 Å². The van der Waals surface area contributed by atoms with Crippen LogP contribution in [0.5, 0.6) is 11.5 Å². The summed E-state index contributed by atoms with van der Waals surface area (Å²) in [6, 6.07) is 4.90. The quantitative estimate of drug-likeness (QED) is 0.583. The number of hydrogen-bond donors (Lipinski definition) is 1. The molecule has 1 N–H and O–H groups in total. The molecule has 4 nitrogen and oxygen atoms in total. The lowest BCUT2D eigenvalue weighted by molar-refractivity contribution is 0.0903. The van der Waals surface area contributed by atoms with E-state index in [4.69, 9.17) is 14.6 Å². The fraction of sp³-hybridized carbons (Fsp3) is 0.462. The normalized spacial score (nSPS) is 10.1. The summed E-state index contributed by atoms with van der Waals surface area (Å²) < 4.78 is 10.7. The van der Waals surface area contributed by atoms with Gasteiger partial charge in [-0.3, -0.25) is 4.79 Å². The van der Waals surface area contributed by atoms with Crippen molar-refractivity contribution in [1.29, 1.82) is 0 Å². The van der Waals surface area contributed by atoms with Crippen molar-refractivity contribution in [2.75, 3.05) is 20.3 Å². The second kappa shape index (κ2) is 6.91. The highest BCUT2D eigenvalue weighted by atomic mass is 16.5. The summed E-state index contributed by atoms with van der Waals surface area (Å²) in [5.41, 5.74) is 0.423. The third-order valence-corrected chi connectivity index (χ3v) is 2.38. The number of Topliss-reactive ketones (excluding diaryl/α,β-unsaturated/α-hetero) is 1. The molecule has 0 spiro atoms. The Kier molecular flexibility index (Phi) is 5.49. The molecule has 0 aliphatic heterocycles. The van der Waals surface area contributed by atoms with Crippen LogP contribution in [0.4, 0.5) is 0 Å². The monoisotopic (exact) mass is 238 g/mol. The molecule has 17 heavy (non-hydrogen) atoms. The van der Waals surface area contributed by atoms with Gasteiger partial charge in [-0.2, -0.15) is 0 Å². The molecule has 1 aromatic carbocycles. The lowest BCUT2D eigenvalue weighted by atomic mass is 10.1. The van der Waals surface area contributed by atoms with E-state index in [1.54, 1.807) is 18.2 Å². The third kappa shape index (κ3) is 3.75. The van der Waals surface area contributed by atoms with Gasteiger partial charge < -0.3 is 14.6 Å². The standard InChI is InChI=1S/C13H18O4/c1-3-4-7-17-12-6-5-10(11(15)9-14)8-13(12)16-2/h5-6,8,14H,3-4,7,9H2,1-2H3. The highest BCUT2D eigenvalue weighted by molar-refractivity contribution is 5.97. The Morgan fingerprint density at radius 3 is 2.71 bits per heavy atom. The summed E-state index contributed by atoms with van der Waals surface area (Å²) in [6.45, 7) is 2.21. The number of carbonyl (C=O) groups excluding carboxylic acids is 1. The maximum absolute atomic E-state index is 11.3. The van der Waals surface area contributed by atoms with E-state index in [0.717, 1.165) is 12.8 Å². The summed E-state index contributed by atoms with van der Waals surface area (Å²) in [6.07, 6.45) is 2.03. The Labute approximate surface area is 101 Å². The first kappa shape index (κ1) is 13.5. The summed E-state index contributed by atoms with van der Waals surface area (Å²) in [4.78, 5) is 11.3. The van der Waals surface area contributed by atoms with E-state index in [9.17, 15) is 4.79 Å². The first-order valence-electron chi connectivity index (χ1n) is 5.67. The molecule has 4 heteroatoms. The number of methoxy groups -OCH3 is 1. The largest absolute Gasteiger partial charge is 0.493 e. The predicted octanol–water partition coefficient (Wildman–Crippen LogP) is 2.05.